The van der Waals surface area contributed by atoms with Crippen LogP contribution in [0.2, 0.25) is 18.1 Å². The molecule has 2 aromatic rings. The van der Waals surface area contributed by atoms with Crippen molar-refractivity contribution in [2.75, 3.05) is 20.8 Å². The van der Waals surface area contributed by atoms with E-state index < -0.39 is 23.1 Å². The Morgan fingerprint density at radius 3 is 1.69 bits per heavy atom. The molecule has 1 atom stereocenters. The fraction of sp³-hybridized carbons (Fsp3) is 0.548. The van der Waals surface area contributed by atoms with Crippen molar-refractivity contribution >= 4 is 18.3 Å². The van der Waals surface area contributed by atoms with Crippen LogP contribution in [-0.2, 0) is 27.5 Å². The Morgan fingerprint density at radius 1 is 0.846 bits per heavy atom. The first-order chi connectivity index (χ1) is 18.2. The number of hydrogen-bond donors (Lipinski definition) is 0. The Hall–Kier alpha value is -2.13. The van der Waals surface area contributed by atoms with Crippen LogP contribution in [0.4, 0.5) is 0 Å². The summed E-state index contributed by atoms with van der Waals surface area (Å²) in [5.74, 6) is 1.47. The predicted octanol–water partition coefficient (Wildman–Crippen LogP) is 7.56. The van der Waals surface area contributed by atoms with E-state index >= 15 is 0 Å². The SMILES string of the molecule is C=CCC[C@@](C)(CCCO[Si](C)(C)C(C)(C)C)S(=O)(=O)N(Cc1ccc(OC)cc1)Cc1ccc(OC)cc1. The van der Waals surface area contributed by atoms with E-state index in [-0.39, 0.29) is 18.1 Å². The van der Waals surface area contributed by atoms with Crippen molar-refractivity contribution in [3.63, 3.8) is 0 Å². The van der Waals surface area contributed by atoms with Gasteiger partial charge in [0.05, 0.1) is 19.0 Å². The van der Waals surface area contributed by atoms with Crippen LogP contribution in [0.25, 0.3) is 0 Å². The van der Waals surface area contributed by atoms with E-state index in [2.05, 4.69) is 40.4 Å². The van der Waals surface area contributed by atoms with Crippen LogP contribution in [0.1, 0.15) is 64.5 Å². The first kappa shape index (κ1) is 33.1. The molecule has 0 aliphatic heterocycles. The Balaban J connectivity index is 2.36. The number of allylic oxidation sites excluding steroid dienone is 1. The summed E-state index contributed by atoms with van der Waals surface area (Å²) < 4.78 is 46.6. The molecule has 0 aliphatic carbocycles. The third kappa shape index (κ3) is 8.93. The molecule has 2 rings (SSSR count). The van der Waals surface area contributed by atoms with Crippen LogP contribution in [-0.4, -0.2) is 46.6 Å². The summed E-state index contributed by atoms with van der Waals surface area (Å²) in [6, 6.07) is 15.1. The van der Waals surface area contributed by atoms with Gasteiger partial charge in [-0.25, -0.2) is 8.42 Å². The molecule has 39 heavy (non-hydrogen) atoms. The molecule has 0 unspecified atom stereocenters. The van der Waals surface area contributed by atoms with Crippen LogP contribution in [0.15, 0.2) is 61.2 Å². The maximum absolute atomic E-state index is 14.5. The minimum atomic E-state index is -3.73. The van der Waals surface area contributed by atoms with Gasteiger partial charge in [-0.05, 0) is 86.1 Å². The van der Waals surface area contributed by atoms with Gasteiger partial charge >= 0.3 is 0 Å². The summed E-state index contributed by atoms with van der Waals surface area (Å²) in [6.07, 6.45) is 4.12. The summed E-state index contributed by atoms with van der Waals surface area (Å²) in [6.45, 7) is 17.9. The number of methoxy groups -OCH3 is 2. The van der Waals surface area contributed by atoms with Crippen molar-refractivity contribution in [3.05, 3.63) is 72.3 Å². The lowest BCUT2D eigenvalue weighted by molar-refractivity contribution is 0.268. The van der Waals surface area contributed by atoms with Gasteiger partial charge in [0.2, 0.25) is 10.0 Å². The van der Waals surface area contributed by atoms with Crippen molar-refractivity contribution in [1.29, 1.82) is 0 Å². The highest BCUT2D eigenvalue weighted by Crippen LogP contribution is 2.38. The van der Waals surface area contributed by atoms with Gasteiger partial charge in [-0.3, -0.25) is 0 Å². The molecule has 0 spiro atoms. The fourth-order valence-corrected chi connectivity index (χ4v) is 7.31. The molecule has 0 heterocycles. The van der Waals surface area contributed by atoms with Gasteiger partial charge in [0.25, 0.3) is 0 Å². The molecule has 0 N–H and O–H groups in total. The number of rotatable bonds is 16. The first-order valence-electron chi connectivity index (χ1n) is 13.7. The summed E-state index contributed by atoms with van der Waals surface area (Å²) >= 11 is 0. The standard InChI is InChI=1S/C31H49NO5SSi/c1-10-11-21-31(5,22-12-23-37-39(8,9)30(2,3)4)38(33,34)32(24-26-13-17-28(35-6)18-14-26)25-27-15-19-29(36-7)20-16-27/h10,13-20H,1,11-12,21-25H2,2-9H3/t31-/m0/s1. The van der Waals surface area contributed by atoms with Crippen LogP contribution >= 0.6 is 0 Å². The smallest absolute Gasteiger partial charge is 0.220 e. The quantitative estimate of drug-likeness (QED) is 0.117. The summed E-state index contributed by atoms with van der Waals surface area (Å²) in [4.78, 5) is 0. The molecular weight excluding hydrogens is 526 g/mol. The number of nitrogens with zero attached hydrogens (tertiary/aromatic N) is 1. The molecule has 8 heteroatoms. The number of hydrogen-bond acceptors (Lipinski definition) is 5. The fourth-order valence-electron chi connectivity index (χ4n) is 4.19. The largest absolute Gasteiger partial charge is 0.497 e. The average Bonchev–Trinajstić information content (AvgIpc) is 2.89. The number of benzene rings is 2. The van der Waals surface area contributed by atoms with Crippen LogP contribution in [0.5, 0.6) is 11.5 Å². The van der Waals surface area contributed by atoms with Gasteiger partial charge < -0.3 is 13.9 Å². The maximum atomic E-state index is 14.5. The number of sulfonamides is 1. The second-order valence-corrected chi connectivity index (χ2v) is 19.2. The first-order valence-corrected chi connectivity index (χ1v) is 18.0. The molecule has 0 aliphatic rings. The molecule has 0 fully saturated rings. The Bertz CT molecular complexity index is 1090. The van der Waals surface area contributed by atoms with Crippen molar-refractivity contribution < 1.29 is 22.3 Å². The molecular formula is C31H49NO5SSi. The lowest BCUT2D eigenvalue weighted by Gasteiger charge is -2.38. The zero-order chi connectivity index (χ0) is 29.3. The van der Waals surface area contributed by atoms with E-state index in [1.165, 1.54) is 0 Å². The minimum Gasteiger partial charge on any atom is -0.497 e. The second-order valence-electron chi connectivity index (χ2n) is 12.0. The van der Waals surface area contributed by atoms with Gasteiger partial charge in [-0.15, -0.1) is 6.58 Å². The summed E-state index contributed by atoms with van der Waals surface area (Å²) in [5, 5.41) is 0.110. The average molecular weight is 576 g/mol. The van der Waals surface area contributed by atoms with Crippen LogP contribution in [0.3, 0.4) is 0 Å². The zero-order valence-corrected chi connectivity index (χ0v) is 27.1. The van der Waals surface area contributed by atoms with Gasteiger partial charge in [-0.1, -0.05) is 51.1 Å². The molecule has 218 valence electrons. The Labute approximate surface area is 238 Å². The molecule has 0 amide bonds. The summed E-state index contributed by atoms with van der Waals surface area (Å²) in [7, 11) is -2.40. The maximum Gasteiger partial charge on any atom is 0.220 e. The monoisotopic (exact) mass is 575 g/mol. The van der Waals surface area contributed by atoms with E-state index in [1.54, 1.807) is 24.6 Å². The van der Waals surface area contributed by atoms with E-state index in [0.29, 0.717) is 32.3 Å². The molecule has 0 radical (unpaired) electrons. The molecule has 0 saturated heterocycles. The van der Waals surface area contributed by atoms with Gasteiger partial charge in [0.1, 0.15) is 11.5 Å². The third-order valence-electron chi connectivity index (χ3n) is 7.99. The molecule has 2 aromatic carbocycles. The topological polar surface area (TPSA) is 65.1 Å². The predicted molar refractivity (Wildman–Crippen MR) is 164 cm³/mol. The van der Waals surface area contributed by atoms with Crippen molar-refractivity contribution in [2.45, 2.75) is 89.3 Å². The minimum absolute atomic E-state index is 0.110. The van der Waals surface area contributed by atoms with Crippen molar-refractivity contribution in [2.24, 2.45) is 0 Å². The van der Waals surface area contributed by atoms with Gasteiger partial charge in [-0.2, -0.15) is 4.31 Å². The van der Waals surface area contributed by atoms with Crippen molar-refractivity contribution in [1.82, 2.24) is 4.31 Å². The molecule has 0 bridgehead atoms. The normalized spacial score (nSPS) is 14.2. The third-order valence-corrected chi connectivity index (χ3v) is 15.1. The van der Waals surface area contributed by atoms with E-state index in [9.17, 15) is 8.42 Å². The van der Waals surface area contributed by atoms with E-state index in [4.69, 9.17) is 13.9 Å². The van der Waals surface area contributed by atoms with Crippen LogP contribution < -0.4 is 9.47 Å². The van der Waals surface area contributed by atoms with Gasteiger partial charge in [0.15, 0.2) is 8.32 Å². The van der Waals surface area contributed by atoms with Crippen LogP contribution in [0, 0.1) is 0 Å². The van der Waals surface area contributed by atoms with E-state index in [0.717, 1.165) is 22.6 Å². The van der Waals surface area contributed by atoms with E-state index in [1.807, 2.05) is 55.5 Å². The highest BCUT2D eigenvalue weighted by Gasteiger charge is 2.43. The number of ether oxygens (including phenoxy) is 2. The van der Waals surface area contributed by atoms with Gasteiger partial charge in [0, 0.05) is 19.7 Å². The molecule has 0 saturated carbocycles. The highest BCUT2D eigenvalue weighted by atomic mass is 32.2. The Kier molecular flexibility index (Phi) is 11.8. The lowest BCUT2D eigenvalue weighted by Crippen LogP contribution is -2.46. The molecule has 0 aromatic heterocycles. The molecule has 6 nitrogen and oxygen atoms in total. The highest BCUT2D eigenvalue weighted by molar-refractivity contribution is 7.90. The lowest BCUT2D eigenvalue weighted by atomic mass is 9.99. The Morgan fingerprint density at radius 2 is 1.31 bits per heavy atom. The second kappa shape index (κ2) is 14.0. The zero-order valence-electron chi connectivity index (χ0n) is 25.2. The summed E-state index contributed by atoms with van der Waals surface area (Å²) in [5.41, 5.74) is 1.81. The van der Waals surface area contributed by atoms with Crippen molar-refractivity contribution in [3.8, 4) is 11.5 Å².